The lowest BCUT2D eigenvalue weighted by molar-refractivity contribution is -0.128. The van der Waals surface area contributed by atoms with Gasteiger partial charge in [0.05, 0.1) is 16.5 Å². The number of anilines is 1. The molecule has 1 aliphatic heterocycles. The van der Waals surface area contributed by atoms with Crippen LogP contribution in [0.25, 0.3) is 10.8 Å². The van der Waals surface area contributed by atoms with Crippen molar-refractivity contribution in [1.82, 2.24) is 25.1 Å². The van der Waals surface area contributed by atoms with Crippen molar-refractivity contribution >= 4 is 34.8 Å². The number of amides is 1. The standard InChI is InChI=1S/C18H20N6O2S2/c1-12-16(28-13(2)20-12)17-21-22-18(26-17)27-11-15(25)24-9-7-23(8-10-24)14-5-3-4-6-19-14/h3-6H,7-11H2,1-2H3. The van der Waals surface area contributed by atoms with E-state index in [-0.39, 0.29) is 11.7 Å². The third-order valence-electron chi connectivity index (χ3n) is 4.43. The van der Waals surface area contributed by atoms with Gasteiger partial charge in [-0.1, -0.05) is 17.8 Å². The Kier molecular flexibility index (Phi) is 5.58. The first kappa shape index (κ1) is 18.9. The van der Waals surface area contributed by atoms with E-state index in [2.05, 4.69) is 25.1 Å². The summed E-state index contributed by atoms with van der Waals surface area (Å²) in [6.45, 7) is 6.79. The van der Waals surface area contributed by atoms with Crippen LogP contribution in [-0.4, -0.2) is 62.9 Å². The number of rotatable bonds is 5. The Bertz CT molecular complexity index is 950. The third-order valence-corrected chi connectivity index (χ3v) is 6.29. The number of aromatic nitrogens is 4. The molecule has 3 aromatic rings. The molecule has 1 amide bonds. The lowest BCUT2D eigenvalue weighted by atomic mass is 10.3. The highest BCUT2D eigenvalue weighted by molar-refractivity contribution is 7.99. The highest BCUT2D eigenvalue weighted by Crippen LogP contribution is 2.30. The van der Waals surface area contributed by atoms with E-state index in [0.717, 1.165) is 34.5 Å². The van der Waals surface area contributed by atoms with E-state index in [1.807, 2.05) is 36.9 Å². The van der Waals surface area contributed by atoms with Gasteiger partial charge >= 0.3 is 0 Å². The molecule has 28 heavy (non-hydrogen) atoms. The van der Waals surface area contributed by atoms with Gasteiger partial charge in [0.15, 0.2) is 0 Å². The van der Waals surface area contributed by atoms with Gasteiger partial charge in [0.2, 0.25) is 5.91 Å². The van der Waals surface area contributed by atoms with Crippen LogP contribution < -0.4 is 4.90 Å². The molecule has 0 N–H and O–H groups in total. The van der Waals surface area contributed by atoms with Gasteiger partial charge in [0.25, 0.3) is 11.1 Å². The van der Waals surface area contributed by atoms with Gasteiger partial charge in [-0.25, -0.2) is 9.97 Å². The minimum absolute atomic E-state index is 0.0789. The van der Waals surface area contributed by atoms with Gasteiger partial charge < -0.3 is 14.2 Å². The zero-order valence-corrected chi connectivity index (χ0v) is 17.3. The number of hydrogen-bond acceptors (Lipinski definition) is 9. The fraction of sp³-hybridized carbons (Fsp3) is 0.389. The zero-order valence-electron chi connectivity index (χ0n) is 15.7. The van der Waals surface area contributed by atoms with Crippen LogP contribution in [0.15, 0.2) is 34.0 Å². The van der Waals surface area contributed by atoms with Gasteiger partial charge in [-0.2, -0.15) is 0 Å². The molecule has 3 aromatic heterocycles. The summed E-state index contributed by atoms with van der Waals surface area (Å²) in [6.07, 6.45) is 1.79. The van der Waals surface area contributed by atoms with E-state index in [0.29, 0.717) is 24.2 Å². The number of thioether (sulfide) groups is 1. The number of carbonyl (C=O) groups is 1. The summed E-state index contributed by atoms with van der Waals surface area (Å²) in [6, 6.07) is 5.87. The average Bonchev–Trinajstić information content (AvgIpc) is 3.32. The maximum Gasteiger partial charge on any atom is 0.277 e. The lowest BCUT2D eigenvalue weighted by Gasteiger charge is -2.35. The second kappa shape index (κ2) is 8.27. The molecular weight excluding hydrogens is 396 g/mol. The number of pyridine rings is 1. The van der Waals surface area contributed by atoms with Gasteiger partial charge in [-0.3, -0.25) is 4.79 Å². The zero-order chi connectivity index (χ0) is 19.5. The van der Waals surface area contributed by atoms with Crippen molar-refractivity contribution in [2.45, 2.75) is 19.1 Å². The lowest BCUT2D eigenvalue weighted by Crippen LogP contribution is -2.49. The third kappa shape index (κ3) is 4.17. The molecule has 0 radical (unpaired) electrons. The van der Waals surface area contributed by atoms with Gasteiger partial charge in [0, 0.05) is 32.4 Å². The second-order valence-corrected chi connectivity index (χ2v) is 8.49. The number of aryl methyl sites for hydroxylation is 2. The minimum Gasteiger partial charge on any atom is -0.410 e. The molecule has 0 bridgehead atoms. The predicted molar refractivity (Wildman–Crippen MR) is 109 cm³/mol. The number of piperazine rings is 1. The van der Waals surface area contributed by atoms with Crippen LogP contribution in [0.5, 0.6) is 0 Å². The van der Waals surface area contributed by atoms with Gasteiger partial charge in [-0.05, 0) is 26.0 Å². The molecule has 146 valence electrons. The van der Waals surface area contributed by atoms with Crippen molar-refractivity contribution in [3.63, 3.8) is 0 Å². The van der Waals surface area contributed by atoms with Gasteiger partial charge in [-0.15, -0.1) is 21.5 Å². The fourth-order valence-corrected chi connectivity index (χ4v) is 4.54. The Morgan fingerprint density at radius 3 is 2.71 bits per heavy atom. The molecule has 0 saturated carbocycles. The molecular formula is C18H20N6O2S2. The molecule has 1 fully saturated rings. The summed E-state index contributed by atoms with van der Waals surface area (Å²) >= 11 is 2.80. The van der Waals surface area contributed by atoms with Crippen LogP contribution in [-0.2, 0) is 4.79 Å². The number of carbonyl (C=O) groups excluding carboxylic acids is 1. The summed E-state index contributed by atoms with van der Waals surface area (Å²) in [5, 5.41) is 9.50. The largest absolute Gasteiger partial charge is 0.410 e. The quantitative estimate of drug-likeness (QED) is 0.587. The molecule has 0 spiro atoms. The summed E-state index contributed by atoms with van der Waals surface area (Å²) in [5.41, 5.74) is 0.879. The minimum atomic E-state index is 0.0789. The monoisotopic (exact) mass is 416 g/mol. The van der Waals surface area contributed by atoms with Crippen LogP contribution in [0.3, 0.4) is 0 Å². The Morgan fingerprint density at radius 2 is 2.04 bits per heavy atom. The van der Waals surface area contributed by atoms with E-state index in [4.69, 9.17) is 4.42 Å². The van der Waals surface area contributed by atoms with Crippen LogP contribution in [0.2, 0.25) is 0 Å². The van der Waals surface area contributed by atoms with Crippen molar-refractivity contribution in [3.8, 4) is 10.8 Å². The first-order valence-corrected chi connectivity index (χ1v) is 10.7. The normalized spacial score (nSPS) is 14.5. The first-order valence-electron chi connectivity index (χ1n) is 8.94. The Balaban J connectivity index is 1.29. The average molecular weight is 417 g/mol. The van der Waals surface area contributed by atoms with E-state index < -0.39 is 0 Å². The highest BCUT2D eigenvalue weighted by atomic mass is 32.2. The fourth-order valence-electron chi connectivity index (χ4n) is 3.03. The SMILES string of the molecule is Cc1nc(C)c(-c2nnc(SCC(=O)N3CCN(c4ccccn4)CC3)o2)s1. The van der Waals surface area contributed by atoms with E-state index >= 15 is 0 Å². The summed E-state index contributed by atoms with van der Waals surface area (Å²) in [5.74, 6) is 1.78. The maximum atomic E-state index is 12.5. The Morgan fingerprint density at radius 1 is 1.21 bits per heavy atom. The summed E-state index contributed by atoms with van der Waals surface area (Å²) < 4.78 is 5.70. The molecule has 1 aliphatic rings. The molecule has 0 unspecified atom stereocenters. The molecule has 0 aliphatic carbocycles. The van der Waals surface area contributed by atoms with Crippen LogP contribution >= 0.6 is 23.1 Å². The van der Waals surface area contributed by atoms with Crippen molar-refractivity contribution in [1.29, 1.82) is 0 Å². The highest BCUT2D eigenvalue weighted by Gasteiger charge is 2.23. The van der Waals surface area contributed by atoms with E-state index in [1.54, 1.807) is 6.20 Å². The topological polar surface area (TPSA) is 88.3 Å². The molecule has 1 saturated heterocycles. The maximum absolute atomic E-state index is 12.5. The summed E-state index contributed by atoms with van der Waals surface area (Å²) in [7, 11) is 0. The Hall–Kier alpha value is -2.46. The smallest absolute Gasteiger partial charge is 0.277 e. The van der Waals surface area contributed by atoms with E-state index in [9.17, 15) is 4.79 Å². The van der Waals surface area contributed by atoms with Crippen molar-refractivity contribution < 1.29 is 9.21 Å². The van der Waals surface area contributed by atoms with Crippen molar-refractivity contribution in [2.75, 3.05) is 36.8 Å². The first-order chi connectivity index (χ1) is 13.6. The molecule has 10 heteroatoms. The number of thiazole rings is 1. The van der Waals surface area contributed by atoms with Crippen LogP contribution in [0.1, 0.15) is 10.7 Å². The van der Waals surface area contributed by atoms with Crippen molar-refractivity contribution in [3.05, 3.63) is 35.1 Å². The second-order valence-electron chi connectivity index (χ2n) is 6.36. The predicted octanol–water partition coefficient (Wildman–Crippen LogP) is 2.65. The van der Waals surface area contributed by atoms with E-state index in [1.165, 1.54) is 23.1 Å². The van der Waals surface area contributed by atoms with Crippen LogP contribution in [0, 0.1) is 13.8 Å². The molecule has 8 nitrogen and oxygen atoms in total. The van der Waals surface area contributed by atoms with Gasteiger partial charge in [0.1, 0.15) is 10.7 Å². The number of hydrogen-bond donors (Lipinski definition) is 0. The molecule has 0 atom stereocenters. The van der Waals surface area contributed by atoms with Crippen LogP contribution in [0.4, 0.5) is 5.82 Å². The Labute approximate surface area is 171 Å². The molecule has 4 heterocycles. The molecule has 4 rings (SSSR count). The summed E-state index contributed by atoms with van der Waals surface area (Å²) in [4.78, 5) is 26.2. The molecule has 0 aromatic carbocycles. The van der Waals surface area contributed by atoms with Crippen molar-refractivity contribution in [2.24, 2.45) is 0 Å². The number of nitrogens with zero attached hydrogens (tertiary/aromatic N) is 6.